The van der Waals surface area contributed by atoms with Crippen molar-refractivity contribution in [2.75, 3.05) is 26.7 Å². The molecule has 0 aromatic heterocycles. The number of likely N-dealkylation sites (N-methyl/N-ethyl adjacent to an activating group) is 1. The Bertz CT molecular complexity index is 557. The molecule has 5 nitrogen and oxygen atoms in total. The largest absolute Gasteiger partial charge is 0.492 e. The topological polar surface area (TPSA) is 65.4 Å². The van der Waals surface area contributed by atoms with Crippen LogP contribution in [0.15, 0.2) is 24.3 Å². The lowest BCUT2D eigenvalue weighted by Gasteiger charge is -2.24. The van der Waals surface area contributed by atoms with Crippen LogP contribution in [0.4, 0.5) is 0 Å². The number of ether oxygens (including phenoxy) is 1. The van der Waals surface area contributed by atoms with Crippen LogP contribution in [-0.2, 0) is 4.79 Å². The number of carbonyl (C=O) groups is 1. The summed E-state index contributed by atoms with van der Waals surface area (Å²) in [6.07, 6.45) is 3.53. The molecule has 1 aromatic carbocycles. The van der Waals surface area contributed by atoms with E-state index in [0.717, 1.165) is 31.4 Å². The van der Waals surface area contributed by atoms with E-state index in [1.54, 1.807) is 0 Å². The third-order valence-corrected chi connectivity index (χ3v) is 4.23. The average molecular weight is 315 g/mol. The first-order chi connectivity index (χ1) is 11.0. The molecule has 1 saturated carbocycles. The zero-order chi connectivity index (χ0) is 16.7. The molecule has 0 unspecified atom stereocenters. The van der Waals surface area contributed by atoms with Crippen molar-refractivity contribution in [1.82, 2.24) is 10.2 Å². The van der Waals surface area contributed by atoms with Crippen LogP contribution in [0.1, 0.15) is 31.2 Å². The molecular formula is C18H25N3O2. The summed E-state index contributed by atoms with van der Waals surface area (Å²) >= 11 is 0. The molecule has 0 radical (unpaired) electrons. The molecule has 1 aliphatic carbocycles. The van der Waals surface area contributed by atoms with Gasteiger partial charge in [-0.15, -0.1) is 0 Å². The third-order valence-electron chi connectivity index (χ3n) is 4.23. The number of benzene rings is 1. The van der Waals surface area contributed by atoms with Crippen LogP contribution in [0.3, 0.4) is 0 Å². The number of hydrogen-bond acceptors (Lipinski definition) is 4. The highest BCUT2D eigenvalue weighted by Crippen LogP contribution is 2.28. The second-order valence-electron chi connectivity index (χ2n) is 6.35. The fraction of sp³-hybridized carbons (Fsp3) is 0.556. The van der Waals surface area contributed by atoms with Gasteiger partial charge in [-0.25, -0.2) is 0 Å². The smallest absolute Gasteiger partial charge is 0.235 e. The summed E-state index contributed by atoms with van der Waals surface area (Å²) in [7, 11) is 1.88. The van der Waals surface area contributed by atoms with Gasteiger partial charge >= 0.3 is 0 Å². The summed E-state index contributed by atoms with van der Waals surface area (Å²) in [5.41, 5.74) is 0.556. The normalized spacial score (nSPS) is 16.1. The van der Waals surface area contributed by atoms with Crippen molar-refractivity contribution in [1.29, 1.82) is 5.26 Å². The van der Waals surface area contributed by atoms with Gasteiger partial charge in [0.15, 0.2) is 0 Å². The lowest BCUT2D eigenvalue weighted by Crippen LogP contribution is -2.48. The minimum Gasteiger partial charge on any atom is -0.492 e. The predicted octanol–water partition coefficient (Wildman–Crippen LogP) is 2.26. The van der Waals surface area contributed by atoms with Crippen molar-refractivity contribution < 1.29 is 9.53 Å². The van der Waals surface area contributed by atoms with E-state index in [-0.39, 0.29) is 12.5 Å². The lowest BCUT2D eigenvalue weighted by molar-refractivity contribution is -0.123. The molecule has 0 aliphatic heterocycles. The molecule has 1 N–H and O–H groups in total. The van der Waals surface area contributed by atoms with E-state index in [4.69, 9.17) is 4.74 Å². The molecule has 124 valence electrons. The molecule has 2 rings (SSSR count). The quantitative estimate of drug-likeness (QED) is 0.838. The van der Waals surface area contributed by atoms with Gasteiger partial charge in [0.2, 0.25) is 5.91 Å². The summed E-state index contributed by atoms with van der Waals surface area (Å²) in [6.45, 7) is 3.49. The lowest BCUT2D eigenvalue weighted by atomic mass is 10.00. The number of nitriles is 1. The van der Waals surface area contributed by atoms with Crippen LogP contribution in [0.5, 0.6) is 5.75 Å². The zero-order valence-corrected chi connectivity index (χ0v) is 14.0. The first-order valence-corrected chi connectivity index (χ1v) is 8.13. The van der Waals surface area contributed by atoms with E-state index < -0.39 is 5.54 Å². The number of nitrogens with one attached hydrogen (secondary N) is 1. The minimum absolute atomic E-state index is 0.0914. The van der Waals surface area contributed by atoms with Gasteiger partial charge in [-0.1, -0.05) is 17.7 Å². The van der Waals surface area contributed by atoms with Gasteiger partial charge in [-0.3, -0.25) is 9.69 Å². The molecule has 0 atom stereocenters. The second kappa shape index (κ2) is 7.98. The number of hydrogen-bond donors (Lipinski definition) is 1. The molecule has 0 spiro atoms. The Morgan fingerprint density at radius 3 is 2.61 bits per heavy atom. The van der Waals surface area contributed by atoms with E-state index >= 15 is 0 Å². The first kappa shape index (κ1) is 17.3. The summed E-state index contributed by atoms with van der Waals surface area (Å²) in [4.78, 5) is 14.0. The summed E-state index contributed by atoms with van der Waals surface area (Å²) in [5, 5.41) is 12.2. The van der Waals surface area contributed by atoms with Crippen molar-refractivity contribution in [2.24, 2.45) is 0 Å². The fourth-order valence-electron chi connectivity index (χ4n) is 2.83. The Morgan fingerprint density at radius 1 is 1.35 bits per heavy atom. The van der Waals surface area contributed by atoms with Crippen LogP contribution >= 0.6 is 0 Å². The summed E-state index contributed by atoms with van der Waals surface area (Å²) in [5.74, 6) is 0.745. The van der Waals surface area contributed by atoms with Crippen molar-refractivity contribution in [3.05, 3.63) is 29.8 Å². The molecule has 0 heterocycles. The van der Waals surface area contributed by atoms with Gasteiger partial charge < -0.3 is 10.1 Å². The number of rotatable bonds is 7. The van der Waals surface area contributed by atoms with Crippen molar-refractivity contribution in [3.63, 3.8) is 0 Å². The predicted molar refractivity (Wildman–Crippen MR) is 89.1 cm³/mol. The van der Waals surface area contributed by atoms with E-state index in [2.05, 4.69) is 11.4 Å². The molecule has 23 heavy (non-hydrogen) atoms. The zero-order valence-electron chi connectivity index (χ0n) is 14.0. The molecule has 1 aliphatic rings. The number of amides is 1. The molecule has 1 aromatic rings. The Labute approximate surface area is 138 Å². The molecular weight excluding hydrogens is 290 g/mol. The molecule has 0 saturated heterocycles. The van der Waals surface area contributed by atoms with Crippen LogP contribution in [-0.4, -0.2) is 43.1 Å². The third kappa shape index (κ3) is 5.26. The maximum Gasteiger partial charge on any atom is 0.235 e. The maximum absolute atomic E-state index is 12.1. The Kier molecular flexibility index (Phi) is 6.00. The van der Waals surface area contributed by atoms with E-state index in [1.165, 1.54) is 5.56 Å². The minimum atomic E-state index is -0.643. The molecule has 0 bridgehead atoms. The van der Waals surface area contributed by atoms with Gasteiger partial charge in [-0.2, -0.15) is 5.26 Å². The maximum atomic E-state index is 12.1. The standard InChI is InChI=1S/C18H25N3O2/c1-15-5-7-16(8-6-15)23-12-11-21(2)13-17(22)20-18(14-19)9-3-4-10-18/h5-8H,3-4,9-13H2,1-2H3,(H,20,22). The van der Waals surface area contributed by atoms with Gasteiger partial charge in [0.25, 0.3) is 0 Å². The number of carbonyl (C=O) groups excluding carboxylic acids is 1. The van der Waals surface area contributed by atoms with Crippen LogP contribution in [0.25, 0.3) is 0 Å². The summed E-state index contributed by atoms with van der Waals surface area (Å²) in [6, 6.07) is 10.2. The van der Waals surface area contributed by atoms with E-state index in [1.807, 2.05) is 43.1 Å². The Balaban J connectivity index is 1.69. The van der Waals surface area contributed by atoms with Crippen molar-refractivity contribution >= 4 is 5.91 Å². The van der Waals surface area contributed by atoms with Crippen molar-refractivity contribution in [3.8, 4) is 11.8 Å². The molecule has 1 amide bonds. The van der Waals surface area contributed by atoms with Gasteiger partial charge in [0, 0.05) is 6.54 Å². The van der Waals surface area contributed by atoms with Crippen LogP contribution < -0.4 is 10.1 Å². The van der Waals surface area contributed by atoms with E-state index in [0.29, 0.717) is 13.2 Å². The number of nitrogens with zero attached hydrogens (tertiary/aromatic N) is 2. The monoisotopic (exact) mass is 315 g/mol. The number of aryl methyl sites for hydroxylation is 1. The van der Waals surface area contributed by atoms with E-state index in [9.17, 15) is 10.1 Å². The first-order valence-electron chi connectivity index (χ1n) is 8.13. The van der Waals surface area contributed by atoms with Crippen molar-refractivity contribution in [2.45, 2.75) is 38.1 Å². The van der Waals surface area contributed by atoms with Gasteiger partial charge in [-0.05, 0) is 51.8 Å². The SMILES string of the molecule is Cc1ccc(OCCN(C)CC(=O)NC2(C#N)CCCC2)cc1. The second-order valence-corrected chi connectivity index (χ2v) is 6.35. The fourth-order valence-corrected chi connectivity index (χ4v) is 2.83. The molecule has 5 heteroatoms. The average Bonchev–Trinajstić information content (AvgIpc) is 2.98. The van der Waals surface area contributed by atoms with Gasteiger partial charge in [0.05, 0.1) is 12.6 Å². The van der Waals surface area contributed by atoms with Crippen LogP contribution in [0.2, 0.25) is 0 Å². The highest BCUT2D eigenvalue weighted by atomic mass is 16.5. The molecule has 1 fully saturated rings. The summed E-state index contributed by atoms with van der Waals surface area (Å²) < 4.78 is 5.66. The Morgan fingerprint density at radius 2 is 2.00 bits per heavy atom. The highest BCUT2D eigenvalue weighted by molar-refractivity contribution is 5.79. The van der Waals surface area contributed by atoms with Gasteiger partial charge in [0.1, 0.15) is 17.9 Å². The Hall–Kier alpha value is -2.06. The van der Waals surface area contributed by atoms with Crippen LogP contribution in [0, 0.1) is 18.3 Å². The highest BCUT2D eigenvalue weighted by Gasteiger charge is 2.35.